The minimum atomic E-state index is -4.62. The van der Waals surface area contributed by atoms with E-state index < -0.39 is 30.0 Å². The molecule has 0 fully saturated rings. The van der Waals surface area contributed by atoms with Crippen molar-refractivity contribution in [2.45, 2.75) is 25.4 Å². The highest BCUT2D eigenvalue weighted by atomic mass is 19.4. The van der Waals surface area contributed by atoms with Gasteiger partial charge in [0, 0.05) is 11.8 Å². The van der Waals surface area contributed by atoms with Crippen LogP contribution in [0.15, 0.2) is 42.5 Å². The number of hydrogen-bond acceptors (Lipinski definition) is 4. The number of alkyl halides is 5. The fourth-order valence-electron chi connectivity index (χ4n) is 2.43. The van der Waals surface area contributed by atoms with Gasteiger partial charge in [-0.25, -0.2) is 0 Å². The number of hydrogen-bond donors (Lipinski definition) is 2. The van der Waals surface area contributed by atoms with Gasteiger partial charge in [0.1, 0.15) is 6.04 Å². The SMILES string of the molecule is CC(Nc1ccc2c(c1)OC(F)(F)O2)C(=O)Nc1ccccc1C(F)(F)F. The molecule has 144 valence electrons. The van der Waals surface area contributed by atoms with E-state index in [1.54, 1.807) is 0 Å². The molecule has 10 heteroatoms. The number of benzene rings is 2. The highest BCUT2D eigenvalue weighted by Crippen LogP contribution is 2.42. The summed E-state index contributed by atoms with van der Waals surface area (Å²) >= 11 is 0. The Bertz CT molecular complexity index is 870. The van der Waals surface area contributed by atoms with Crippen molar-refractivity contribution in [1.82, 2.24) is 0 Å². The molecule has 0 bridgehead atoms. The molecule has 0 spiro atoms. The number of nitrogens with one attached hydrogen (secondary N) is 2. The molecule has 2 aromatic rings. The minimum absolute atomic E-state index is 0.165. The second-order valence-electron chi connectivity index (χ2n) is 5.73. The number of carbonyl (C=O) groups excluding carboxylic acids is 1. The number of ether oxygens (including phenoxy) is 2. The van der Waals surface area contributed by atoms with Crippen LogP contribution in [0.2, 0.25) is 0 Å². The first-order valence-electron chi connectivity index (χ1n) is 7.69. The van der Waals surface area contributed by atoms with Crippen LogP contribution < -0.4 is 20.1 Å². The standard InChI is InChI=1S/C17H13F5N2O3/c1-9(15(25)24-12-5-3-2-4-11(12)16(18,19)20)23-10-6-7-13-14(8-10)27-17(21,22)26-13/h2-9,23H,1H3,(H,24,25). The maximum atomic E-state index is 13.0. The third-order valence-corrected chi connectivity index (χ3v) is 3.67. The molecule has 1 heterocycles. The van der Waals surface area contributed by atoms with Gasteiger partial charge in [-0.1, -0.05) is 12.1 Å². The molecule has 1 unspecified atom stereocenters. The van der Waals surface area contributed by atoms with E-state index in [0.717, 1.165) is 12.1 Å². The molecule has 3 rings (SSSR count). The number of anilines is 2. The molecule has 5 nitrogen and oxygen atoms in total. The van der Waals surface area contributed by atoms with Crippen molar-refractivity contribution in [3.63, 3.8) is 0 Å². The number of rotatable bonds is 4. The molecule has 0 aromatic heterocycles. The molecular weight excluding hydrogens is 375 g/mol. The lowest BCUT2D eigenvalue weighted by Gasteiger charge is -2.18. The average molecular weight is 388 g/mol. The Hall–Kier alpha value is -3.04. The Balaban J connectivity index is 1.70. The fraction of sp³-hybridized carbons (Fsp3) is 0.235. The summed E-state index contributed by atoms with van der Waals surface area (Å²) in [4.78, 5) is 12.2. The first kappa shape index (κ1) is 18.7. The predicted molar refractivity (Wildman–Crippen MR) is 85.8 cm³/mol. The number of halogens is 5. The van der Waals surface area contributed by atoms with Crippen molar-refractivity contribution < 1.29 is 36.2 Å². The largest absolute Gasteiger partial charge is 0.586 e. The van der Waals surface area contributed by atoms with Crippen LogP contribution in [0.5, 0.6) is 11.5 Å². The van der Waals surface area contributed by atoms with Crippen molar-refractivity contribution in [2.24, 2.45) is 0 Å². The third kappa shape index (κ3) is 4.21. The van der Waals surface area contributed by atoms with Gasteiger partial charge in [-0.15, -0.1) is 8.78 Å². The monoisotopic (exact) mass is 388 g/mol. The summed E-state index contributed by atoms with van der Waals surface area (Å²) < 4.78 is 73.5. The average Bonchev–Trinajstić information content (AvgIpc) is 2.87. The van der Waals surface area contributed by atoms with Crippen molar-refractivity contribution in [3.05, 3.63) is 48.0 Å². The predicted octanol–water partition coefficient (Wildman–Crippen LogP) is 4.47. The Morgan fingerprint density at radius 3 is 2.44 bits per heavy atom. The highest BCUT2D eigenvalue weighted by Gasteiger charge is 2.43. The summed E-state index contributed by atoms with van der Waals surface area (Å²) in [6.45, 7) is 1.41. The summed E-state index contributed by atoms with van der Waals surface area (Å²) in [7, 11) is 0. The van der Waals surface area contributed by atoms with Gasteiger partial charge in [-0.05, 0) is 31.2 Å². The van der Waals surface area contributed by atoms with E-state index in [9.17, 15) is 26.7 Å². The summed E-state index contributed by atoms with van der Waals surface area (Å²) in [6, 6.07) is 7.39. The van der Waals surface area contributed by atoms with E-state index >= 15 is 0 Å². The molecule has 1 amide bonds. The Morgan fingerprint density at radius 1 is 1.07 bits per heavy atom. The lowest BCUT2D eigenvalue weighted by molar-refractivity contribution is -0.286. The maximum Gasteiger partial charge on any atom is 0.586 e. The van der Waals surface area contributed by atoms with E-state index in [1.807, 2.05) is 0 Å². The molecular formula is C17H13F5N2O3. The van der Waals surface area contributed by atoms with Crippen LogP contribution in [0.3, 0.4) is 0 Å². The van der Waals surface area contributed by atoms with Crippen LogP contribution in [-0.4, -0.2) is 18.2 Å². The zero-order chi connectivity index (χ0) is 19.8. The second-order valence-corrected chi connectivity index (χ2v) is 5.73. The van der Waals surface area contributed by atoms with Crippen LogP contribution in [0, 0.1) is 0 Å². The molecule has 1 aliphatic heterocycles. The highest BCUT2D eigenvalue weighted by molar-refractivity contribution is 5.97. The smallest absolute Gasteiger partial charge is 0.395 e. The van der Waals surface area contributed by atoms with Gasteiger partial charge in [-0.2, -0.15) is 13.2 Å². The maximum absolute atomic E-state index is 13.0. The number of amides is 1. The molecule has 0 saturated heterocycles. The molecule has 2 N–H and O–H groups in total. The van der Waals surface area contributed by atoms with Gasteiger partial charge < -0.3 is 20.1 Å². The minimum Gasteiger partial charge on any atom is -0.395 e. The lowest BCUT2D eigenvalue weighted by atomic mass is 10.1. The number of para-hydroxylation sites is 1. The third-order valence-electron chi connectivity index (χ3n) is 3.67. The topological polar surface area (TPSA) is 59.6 Å². The Labute approximate surface area is 150 Å². The van der Waals surface area contributed by atoms with Crippen LogP contribution >= 0.6 is 0 Å². The summed E-state index contributed by atoms with van der Waals surface area (Å²) in [6.07, 6.45) is -8.39. The number of fused-ring (bicyclic) bond motifs is 1. The van der Waals surface area contributed by atoms with Crippen LogP contribution in [0.25, 0.3) is 0 Å². The molecule has 1 atom stereocenters. The van der Waals surface area contributed by atoms with Crippen LogP contribution in [0.4, 0.5) is 33.3 Å². The van der Waals surface area contributed by atoms with Gasteiger partial charge in [-0.3, -0.25) is 4.79 Å². The molecule has 27 heavy (non-hydrogen) atoms. The zero-order valence-corrected chi connectivity index (χ0v) is 13.7. The molecule has 0 aliphatic carbocycles. The molecule has 0 radical (unpaired) electrons. The summed E-state index contributed by atoms with van der Waals surface area (Å²) in [5.74, 6) is -1.13. The number of carbonyl (C=O) groups is 1. The molecule has 2 aromatic carbocycles. The van der Waals surface area contributed by atoms with Crippen molar-refractivity contribution in [2.75, 3.05) is 10.6 Å². The van der Waals surface area contributed by atoms with Gasteiger partial charge in [0.15, 0.2) is 11.5 Å². The van der Waals surface area contributed by atoms with E-state index in [0.29, 0.717) is 0 Å². The normalized spacial score (nSPS) is 15.9. The molecule has 0 saturated carbocycles. The van der Waals surface area contributed by atoms with E-state index in [4.69, 9.17) is 0 Å². The quantitative estimate of drug-likeness (QED) is 0.759. The first-order chi connectivity index (χ1) is 12.5. The zero-order valence-electron chi connectivity index (χ0n) is 13.7. The van der Waals surface area contributed by atoms with Gasteiger partial charge in [0.25, 0.3) is 0 Å². The van der Waals surface area contributed by atoms with Gasteiger partial charge >= 0.3 is 12.5 Å². The lowest BCUT2D eigenvalue weighted by Crippen LogP contribution is -2.32. The fourth-order valence-corrected chi connectivity index (χ4v) is 2.43. The van der Waals surface area contributed by atoms with Gasteiger partial charge in [0.2, 0.25) is 5.91 Å². The van der Waals surface area contributed by atoms with Crippen molar-refractivity contribution in [1.29, 1.82) is 0 Å². The Morgan fingerprint density at radius 2 is 1.74 bits per heavy atom. The van der Waals surface area contributed by atoms with Crippen LogP contribution in [0.1, 0.15) is 12.5 Å². The van der Waals surface area contributed by atoms with Gasteiger partial charge in [0.05, 0.1) is 11.3 Å². The van der Waals surface area contributed by atoms with E-state index in [2.05, 4.69) is 20.1 Å². The first-order valence-corrected chi connectivity index (χ1v) is 7.69. The summed E-state index contributed by atoms with van der Waals surface area (Å²) in [5.41, 5.74) is -1.10. The van der Waals surface area contributed by atoms with E-state index in [-0.39, 0.29) is 22.9 Å². The molecule has 1 aliphatic rings. The second kappa shape index (κ2) is 6.60. The van der Waals surface area contributed by atoms with Crippen molar-refractivity contribution >= 4 is 17.3 Å². The summed E-state index contributed by atoms with van der Waals surface area (Å²) in [5, 5.41) is 4.91. The van der Waals surface area contributed by atoms with Crippen molar-refractivity contribution in [3.8, 4) is 11.5 Å². The van der Waals surface area contributed by atoms with Crippen LogP contribution in [-0.2, 0) is 11.0 Å². The Kier molecular flexibility index (Phi) is 4.58. The van der Waals surface area contributed by atoms with E-state index in [1.165, 1.54) is 37.3 Å².